The molecule has 1 atom stereocenters. The number of sulfonamides is 1. The Morgan fingerprint density at radius 2 is 1.74 bits per heavy atom. The molecule has 0 radical (unpaired) electrons. The first-order valence-corrected chi connectivity index (χ1v) is 8.47. The predicted octanol–water partition coefficient (Wildman–Crippen LogP) is 2.81. The van der Waals surface area contributed by atoms with E-state index in [0.717, 1.165) is 19.3 Å². The lowest BCUT2D eigenvalue weighted by Crippen LogP contribution is -2.48. The molecule has 1 N–H and O–H groups in total. The van der Waals surface area contributed by atoms with Gasteiger partial charge in [-0.25, -0.2) is 13.1 Å². The van der Waals surface area contributed by atoms with Crippen LogP contribution in [0, 0.1) is 22.2 Å². The summed E-state index contributed by atoms with van der Waals surface area (Å²) in [6.07, 6.45) is 3.08. The Hall–Kier alpha value is -0.600. The average molecular weight is 286 g/mol. The highest BCUT2D eigenvalue weighted by atomic mass is 32.2. The molecule has 0 aromatic rings. The Kier molecular flexibility index (Phi) is 4.69. The number of nitriles is 1. The van der Waals surface area contributed by atoms with Gasteiger partial charge in [0.25, 0.3) is 0 Å². The number of hydrogen-bond donors (Lipinski definition) is 1. The van der Waals surface area contributed by atoms with E-state index < -0.39 is 15.3 Å². The van der Waals surface area contributed by atoms with Crippen LogP contribution in [0.1, 0.15) is 60.3 Å². The fourth-order valence-electron chi connectivity index (χ4n) is 3.62. The maximum absolute atomic E-state index is 12.1. The second kappa shape index (κ2) is 5.41. The minimum atomic E-state index is -3.53. The number of rotatable bonds is 4. The van der Waals surface area contributed by atoms with Gasteiger partial charge in [-0.05, 0) is 36.5 Å². The zero-order chi connectivity index (χ0) is 14.9. The molecule has 0 saturated heterocycles. The van der Waals surface area contributed by atoms with Crippen LogP contribution < -0.4 is 4.72 Å². The minimum absolute atomic E-state index is 0.0638. The van der Waals surface area contributed by atoms with Crippen LogP contribution in [0.5, 0.6) is 0 Å². The van der Waals surface area contributed by atoms with Gasteiger partial charge in [0, 0.05) is 6.04 Å². The third kappa shape index (κ3) is 4.47. The minimum Gasteiger partial charge on any atom is -0.211 e. The monoisotopic (exact) mass is 286 g/mol. The molecule has 1 rings (SSSR count). The van der Waals surface area contributed by atoms with Crippen molar-refractivity contribution in [2.24, 2.45) is 10.8 Å². The first kappa shape index (κ1) is 16.5. The Labute approximate surface area is 117 Å². The lowest BCUT2D eigenvalue weighted by molar-refractivity contribution is 0.0933. The van der Waals surface area contributed by atoms with Gasteiger partial charge in [-0.3, -0.25) is 0 Å². The van der Waals surface area contributed by atoms with E-state index in [1.807, 2.05) is 6.07 Å². The summed E-state index contributed by atoms with van der Waals surface area (Å²) in [5.74, 6) is 0. The lowest BCUT2D eigenvalue weighted by atomic mass is 9.64. The van der Waals surface area contributed by atoms with Gasteiger partial charge in [-0.2, -0.15) is 5.26 Å². The van der Waals surface area contributed by atoms with Crippen molar-refractivity contribution >= 4 is 10.0 Å². The molecule has 0 aromatic heterocycles. The van der Waals surface area contributed by atoms with Gasteiger partial charge in [-0.1, -0.05) is 34.6 Å². The molecule has 0 heterocycles. The van der Waals surface area contributed by atoms with Gasteiger partial charge in [0.2, 0.25) is 10.0 Å². The summed E-state index contributed by atoms with van der Waals surface area (Å²) in [7, 11) is -3.53. The molecular weight excluding hydrogens is 260 g/mol. The quantitative estimate of drug-likeness (QED) is 0.864. The topological polar surface area (TPSA) is 70.0 Å². The Balaban J connectivity index is 2.85. The Morgan fingerprint density at radius 1 is 1.26 bits per heavy atom. The molecule has 5 heteroatoms. The summed E-state index contributed by atoms with van der Waals surface area (Å²) in [5.41, 5.74) is 0.257. The maximum atomic E-state index is 12.1. The molecule has 1 aliphatic carbocycles. The van der Waals surface area contributed by atoms with Crippen LogP contribution in [-0.4, -0.2) is 19.7 Å². The van der Waals surface area contributed by atoms with Crippen LogP contribution >= 0.6 is 0 Å². The van der Waals surface area contributed by atoms with E-state index in [1.165, 1.54) is 0 Å². The number of nitrogens with zero attached hydrogens (tertiary/aromatic N) is 1. The molecule has 0 amide bonds. The molecule has 0 bridgehead atoms. The van der Waals surface area contributed by atoms with Crippen molar-refractivity contribution in [1.29, 1.82) is 5.26 Å². The van der Waals surface area contributed by atoms with Crippen LogP contribution in [0.4, 0.5) is 0 Å². The van der Waals surface area contributed by atoms with E-state index in [0.29, 0.717) is 6.42 Å². The lowest BCUT2D eigenvalue weighted by Gasteiger charge is -2.45. The third-order valence-corrected chi connectivity index (χ3v) is 5.63. The van der Waals surface area contributed by atoms with Crippen molar-refractivity contribution in [2.75, 3.05) is 0 Å². The normalized spacial score (nSPS) is 24.6. The van der Waals surface area contributed by atoms with Gasteiger partial charge < -0.3 is 0 Å². The van der Waals surface area contributed by atoms with E-state index in [-0.39, 0.29) is 16.9 Å². The average Bonchev–Trinajstić information content (AvgIpc) is 2.11. The Bertz CT molecular complexity index is 444. The zero-order valence-corrected chi connectivity index (χ0v) is 13.5. The van der Waals surface area contributed by atoms with E-state index >= 15 is 0 Å². The standard InChI is InChI=1S/C14H26N2O2S/c1-6-12(9-15)19(17,18)16-11-7-13(2,3)10-14(4,5)8-11/h11-12,16H,6-8,10H2,1-5H3. The van der Waals surface area contributed by atoms with Crippen LogP contribution in [0.2, 0.25) is 0 Å². The summed E-state index contributed by atoms with van der Waals surface area (Å²) in [6.45, 7) is 10.4. The largest absolute Gasteiger partial charge is 0.228 e. The maximum Gasteiger partial charge on any atom is 0.228 e. The van der Waals surface area contributed by atoms with Gasteiger partial charge in [-0.15, -0.1) is 0 Å². The van der Waals surface area contributed by atoms with Gasteiger partial charge >= 0.3 is 0 Å². The highest BCUT2D eigenvalue weighted by Gasteiger charge is 2.40. The molecule has 0 aromatic carbocycles. The van der Waals surface area contributed by atoms with Crippen molar-refractivity contribution in [3.8, 4) is 6.07 Å². The summed E-state index contributed by atoms with van der Waals surface area (Å²) in [5, 5.41) is 7.98. The van der Waals surface area contributed by atoms with Crippen LogP contribution in [-0.2, 0) is 10.0 Å². The van der Waals surface area contributed by atoms with Gasteiger partial charge in [0.1, 0.15) is 0 Å². The van der Waals surface area contributed by atoms with E-state index in [2.05, 4.69) is 32.4 Å². The molecule has 1 unspecified atom stereocenters. The van der Waals surface area contributed by atoms with E-state index in [9.17, 15) is 8.42 Å². The first-order valence-electron chi connectivity index (χ1n) is 6.92. The molecule has 0 aliphatic heterocycles. The number of nitrogens with one attached hydrogen (secondary N) is 1. The Morgan fingerprint density at radius 3 is 2.11 bits per heavy atom. The van der Waals surface area contributed by atoms with Crippen LogP contribution in [0.25, 0.3) is 0 Å². The second-order valence-electron chi connectivity index (χ2n) is 7.30. The smallest absolute Gasteiger partial charge is 0.211 e. The van der Waals surface area contributed by atoms with Gasteiger partial charge in [0.05, 0.1) is 6.07 Å². The third-order valence-electron chi connectivity index (χ3n) is 3.78. The summed E-state index contributed by atoms with van der Waals surface area (Å²) >= 11 is 0. The van der Waals surface area contributed by atoms with Crippen molar-refractivity contribution in [2.45, 2.75) is 71.6 Å². The second-order valence-corrected chi connectivity index (χ2v) is 9.19. The van der Waals surface area contributed by atoms with Crippen molar-refractivity contribution in [3.63, 3.8) is 0 Å². The fourth-order valence-corrected chi connectivity index (χ4v) is 5.00. The molecule has 1 aliphatic rings. The highest BCUT2D eigenvalue weighted by molar-refractivity contribution is 7.90. The van der Waals surface area contributed by atoms with Gasteiger partial charge in [0.15, 0.2) is 5.25 Å². The SMILES string of the molecule is CCC(C#N)S(=O)(=O)NC1CC(C)(C)CC(C)(C)C1. The predicted molar refractivity (Wildman–Crippen MR) is 76.9 cm³/mol. The van der Waals surface area contributed by atoms with Crippen molar-refractivity contribution in [1.82, 2.24) is 4.72 Å². The van der Waals surface area contributed by atoms with E-state index in [4.69, 9.17) is 5.26 Å². The van der Waals surface area contributed by atoms with Crippen molar-refractivity contribution in [3.05, 3.63) is 0 Å². The molecular formula is C14H26N2O2S. The molecule has 4 nitrogen and oxygen atoms in total. The highest BCUT2D eigenvalue weighted by Crippen LogP contribution is 2.45. The van der Waals surface area contributed by atoms with Crippen LogP contribution in [0.15, 0.2) is 0 Å². The first-order chi connectivity index (χ1) is 8.51. The number of hydrogen-bond acceptors (Lipinski definition) is 3. The van der Waals surface area contributed by atoms with Crippen LogP contribution in [0.3, 0.4) is 0 Å². The summed E-state index contributed by atoms with van der Waals surface area (Å²) in [4.78, 5) is 0. The summed E-state index contributed by atoms with van der Waals surface area (Å²) in [6, 6.07) is 1.81. The molecule has 1 saturated carbocycles. The summed E-state index contributed by atoms with van der Waals surface area (Å²) < 4.78 is 27.1. The molecule has 0 spiro atoms. The van der Waals surface area contributed by atoms with Crippen molar-refractivity contribution < 1.29 is 8.42 Å². The molecule has 19 heavy (non-hydrogen) atoms. The fraction of sp³-hybridized carbons (Fsp3) is 0.929. The molecule has 110 valence electrons. The zero-order valence-electron chi connectivity index (χ0n) is 12.7. The van der Waals surface area contributed by atoms with E-state index in [1.54, 1.807) is 6.92 Å². The molecule has 1 fully saturated rings.